The van der Waals surface area contributed by atoms with Gasteiger partial charge in [0.05, 0.1) is 27.2 Å². The standard InChI is InChI=1S/C21H21ClF2N4O2S2/c1-30-14-9-28(10-14)8-13-3-2-4-17(23)15(13)7-25-19-6-18(24)20(5-16(19)22)32(29)27-21-11-31-12-26-21/h2-6,11-12,14,25,27H,7-10H2,1H3. The van der Waals surface area contributed by atoms with E-state index in [1.54, 1.807) is 24.1 Å². The molecule has 1 atom stereocenters. The van der Waals surface area contributed by atoms with E-state index in [1.165, 1.54) is 23.5 Å². The molecule has 3 aromatic rings. The summed E-state index contributed by atoms with van der Waals surface area (Å²) in [6, 6.07) is 7.40. The molecular formula is C21H21ClF2N4O2S2. The van der Waals surface area contributed by atoms with Gasteiger partial charge in [-0.25, -0.2) is 18.0 Å². The fourth-order valence-corrected chi connectivity index (χ4v) is 5.12. The van der Waals surface area contributed by atoms with E-state index in [4.69, 9.17) is 16.3 Å². The van der Waals surface area contributed by atoms with Gasteiger partial charge in [-0.1, -0.05) is 23.7 Å². The van der Waals surface area contributed by atoms with Crippen molar-refractivity contribution in [1.82, 2.24) is 9.88 Å². The molecule has 4 rings (SSSR count). The molecule has 2 aromatic carbocycles. The van der Waals surface area contributed by atoms with E-state index in [0.717, 1.165) is 24.7 Å². The van der Waals surface area contributed by atoms with E-state index < -0.39 is 16.8 Å². The van der Waals surface area contributed by atoms with Crippen molar-refractivity contribution in [3.8, 4) is 0 Å². The number of halogens is 3. The molecule has 0 bridgehead atoms. The number of hydrogen-bond donors (Lipinski definition) is 2. The van der Waals surface area contributed by atoms with Crippen molar-refractivity contribution >= 4 is 45.4 Å². The highest BCUT2D eigenvalue weighted by atomic mass is 35.5. The number of thiazole rings is 1. The van der Waals surface area contributed by atoms with Crippen LogP contribution in [0.1, 0.15) is 11.1 Å². The first-order valence-corrected chi connectivity index (χ1v) is 12.2. The maximum atomic E-state index is 14.6. The largest absolute Gasteiger partial charge is 0.380 e. The third kappa shape index (κ3) is 5.26. The van der Waals surface area contributed by atoms with Gasteiger partial charge >= 0.3 is 0 Å². The van der Waals surface area contributed by atoms with Crippen molar-refractivity contribution in [2.24, 2.45) is 0 Å². The van der Waals surface area contributed by atoms with Crippen molar-refractivity contribution in [2.75, 3.05) is 30.2 Å². The van der Waals surface area contributed by atoms with Gasteiger partial charge < -0.3 is 10.1 Å². The average Bonchev–Trinajstić information content (AvgIpc) is 3.24. The molecule has 1 aromatic heterocycles. The summed E-state index contributed by atoms with van der Waals surface area (Å²) in [6.45, 7) is 2.31. The van der Waals surface area contributed by atoms with Gasteiger partial charge in [-0.05, 0) is 23.8 Å². The number of rotatable bonds is 9. The van der Waals surface area contributed by atoms with Gasteiger partial charge in [-0.2, -0.15) is 0 Å². The van der Waals surface area contributed by atoms with Crippen LogP contribution in [0, 0.1) is 11.6 Å². The first-order chi connectivity index (χ1) is 15.4. The summed E-state index contributed by atoms with van der Waals surface area (Å²) in [7, 11) is -0.185. The molecule has 1 unspecified atom stereocenters. The fraction of sp³-hybridized carbons (Fsp3) is 0.286. The molecule has 11 heteroatoms. The number of methoxy groups -OCH3 is 1. The molecule has 6 nitrogen and oxygen atoms in total. The topological polar surface area (TPSA) is 66.5 Å². The summed E-state index contributed by atoms with van der Waals surface area (Å²) in [5.74, 6) is -0.657. The van der Waals surface area contributed by atoms with Crippen LogP contribution in [0.3, 0.4) is 0 Å². The maximum Gasteiger partial charge on any atom is 0.154 e. The minimum absolute atomic E-state index is 0.0920. The maximum absolute atomic E-state index is 14.6. The number of aromatic nitrogens is 1. The second-order valence-electron chi connectivity index (χ2n) is 7.29. The van der Waals surface area contributed by atoms with Gasteiger partial charge in [0.15, 0.2) is 11.0 Å². The zero-order valence-electron chi connectivity index (χ0n) is 17.1. The van der Waals surface area contributed by atoms with E-state index in [-0.39, 0.29) is 34.1 Å². The molecule has 0 amide bonds. The molecular weight excluding hydrogens is 478 g/mol. The van der Waals surface area contributed by atoms with Crippen molar-refractivity contribution in [2.45, 2.75) is 24.1 Å². The minimum Gasteiger partial charge on any atom is -0.380 e. The predicted molar refractivity (Wildman–Crippen MR) is 123 cm³/mol. The molecule has 1 fully saturated rings. The summed E-state index contributed by atoms with van der Waals surface area (Å²) < 4.78 is 49.5. The molecule has 1 aliphatic heterocycles. The lowest BCUT2D eigenvalue weighted by molar-refractivity contribution is -0.0335. The van der Waals surface area contributed by atoms with E-state index in [9.17, 15) is 13.0 Å². The lowest BCUT2D eigenvalue weighted by Gasteiger charge is -2.38. The third-order valence-corrected chi connectivity index (χ3v) is 7.18. The van der Waals surface area contributed by atoms with Crippen LogP contribution >= 0.6 is 22.9 Å². The zero-order chi connectivity index (χ0) is 22.7. The SMILES string of the molecule is COC1CN(Cc2cccc(F)c2CNc2cc(F)c(S(=O)Nc3cscn3)cc2Cl)C1. The van der Waals surface area contributed by atoms with Crippen LogP contribution in [-0.4, -0.2) is 40.4 Å². The summed E-state index contributed by atoms with van der Waals surface area (Å²) in [4.78, 5) is 6.04. The third-order valence-electron chi connectivity index (χ3n) is 5.17. The first-order valence-electron chi connectivity index (χ1n) is 9.75. The number of benzene rings is 2. The summed E-state index contributed by atoms with van der Waals surface area (Å²) >= 11 is 7.63. The van der Waals surface area contributed by atoms with Gasteiger partial charge in [-0.15, -0.1) is 11.3 Å². The Bertz CT molecular complexity index is 1110. The highest BCUT2D eigenvalue weighted by Gasteiger charge is 2.27. The van der Waals surface area contributed by atoms with E-state index >= 15 is 0 Å². The smallest absolute Gasteiger partial charge is 0.154 e. The Morgan fingerprint density at radius 3 is 2.84 bits per heavy atom. The Balaban J connectivity index is 1.46. The van der Waals surface area contributed by atoms with Crippen LogP contribution in [-0.2, 0) is 28.8 Å². The molecule has 32 heavy (non-hydrogen) atoms. The number of anilines is 2. The molecule has 2 N–H and O–H groups in total. The Labute approximate surface area is 196 Å². The number of likely N-dealkylation sites (tertiary alicyclic amines) is 1. The zero-order valence-corrected chi connectivity index (χ0v) is 19.5. The van der Waals surface area contributed by atoms with Crippen LogP contribution in [0.2, 0.25) is 5.02 Å². The normalized spacial score (nSPS) is 15.4. The molecule has 1 saturated heterocycles. The van der Waals surface area contributed by atoms with Crippen LogP contribution in [0.25, 0.3) is 0 Å². The Morgan fingerprint density at radius 2 is 2.12 bits per heavy atom. The molecule has 0 saturated carbocycles. The highest BCUT2D eigenvalue weighted by molar-refractivity contribution is 7.86. The number of hydrogen-bond acceptors (Lipinski definition) is 6. The second kappa shape index (κ2) is 10.2. The van der Waals surface area contributed by atoms with Crippen molar-refractivity contribution in [1.29, 1.82) is 0 Å². The monoisotopic (exact) mass is 498 g/mol. The molecule has 0 radical (unpaired) electrons. The van der Waals surface area contributed by atoms with Crippen LogP contribution in [0.4, 0.5) is 20.3 Å². The lowest BCUT2D eigenvalue weighted by atomic mass is 10.0. The van der Waals surface area contributed by atoms with Gasteiger partial charge in [0.1, 0.15) is 17.5 Å². The van der Waals surface area contributed by atoms with Gasteiger partial charge in [-0.3, -0.25) is 9.62 Å². The number of ether oxygens (including phenoxy) is 1. The van der Waals surface area contributed by atoms with Crippen molar-refractivity contribution < 1.29 is 17.7 Å². The second-order valence-corrected chi connectivity index (χ2v) is 9.60. The van der Waals surface area contributed by atoms with Crippen LogP contribution < -0.4 is 10.0 Å². The van der Waals surface area contributed by atoms with Gasteiger partial charge in [0, 0.05) is 44.2 Å². The fourth-order valence-electron chi connectivity index (χ4n) is 3.39. The number of nitrogens with one attached hydrogen (secondary N) is 2. The lowest BCUT2D eigenvalue weighted by Crippen LogP contribution is -2.51. The van der Waals surface area contributed by atoms with Crippen molar-refractivity contribution in [3.63, 3.8) is 0 Å². The molecule has 2 heterocycles. The van der Waals surface area contributed by atoms with Crippen molar-refractivity contribution in [3.05, 3.63) is 69.0 Å². The molecule has 0 aliphatic carbocycles. The summed E-state index contributed by atoms with van der Waals surface area (Å²) in [6.07, 6.45) is 0.209. The van der Waals surface area contributed by atoms with Gasteiger partial charge in [0.25, 0.3) is 0 Å². The molecule has 0 spiro atoms. The van der Waals surface area contributed by atoms with E-state index in [0.29, 0.717) is 17.9 Å². The predicted octanol–water partition coefficient (Wildman–Crippen LogP) is 4.65. The first kappa shape index (κ1) is 23.1. The van der Waals surface area contributed by atoms with E-state index in [1.807, 2.05) is 6.07 Å². The highest BCUT2D eigenvalue weighted by Crippen LogP contribution is 2.29. The van der Waals surface area contributed by atoms with Crippen LogP contribution in [0.15, 0.2) is 46.1 Å². The Morgan fingerprint density at radius 1 is 1.31 bits per heavy atom. The summed E-state index contributed by atoms with van der Waals surface area (Å²) in [5, 5.41) is 4.85. The Kier molecular flexibility index (Phi) is 7.37. The number of nitrogens with zero attached hydrogens (tertiary/aromatic N) is 2. The molecule has 1 aliphatic rings. The quantitative estimate of drug-likeness (QED) is 0.449. The Hall–Kier alpha value is -2.11. The minimum atomic E-state index is -1.86. The van der Waals surface area contributed by atoms with Crippen LogP contribution in [0.5, 0.6) is 0 Å². The molecule has 170 valence electrons. The summed E-state index contributed by atoms with van der Waals surface area (Å²) in [5.41, 5.74) is 3.19. The average molecular weight is 499 g/mol. The van der Waals surface area contributed by atoms with E-state index in [2.05, 4.69) is 19.9 Å². The van der Waals surface area contributed by atoms with Gasteiger partial charge in [0.2, 0.25) is 0 Å².